The van der Waals surface area contributed by atoms with E-state index in [2.05, 4.69) is 40.0 Å². The number of nitrogens with two attached hydrogens (primary N) is 1. The molecule has 110 valence electrons. The third-order valence-corrected chi connectivity index (χ3v) is 4.75. The fourth-order valence-corrected chi connectivity index (χ4v) is 3.74. The van der Waals surface area contributed by atoms with Crippen LogP contribution in [0.3, 0.4) is 0 Å². The van der Waals surface area contributed by atoms with Crippen LogP contribution in [0.5, 0.6) is 0 Å². The minimum absolute atomic E-state index is 0.0179. The second-order valence-corrected chi connectivity index (χ2v) is 7.05. The molecule has 0 saturated carbocycles. The van der Waals surface area contributed by atoms with Gasteiger partial charge in [0, 0.05) is 19.8 Å². The molecule has 0 saturated heterocycles. The maximum atomic E-state index is 12.1. The van der Waals surface area contributed by atoms with Gasteiger partial charge in [-0.3, -0.25) is 4.79 Å². The molecule has 1 amide bonds. The number of benzene rings is 2. The van der Waals surface area contributed by atoms with Crippen molar-refractivity contribution in [3.63, 3.8) is 0 Å². The van der Waals surface area contributed by atoms with Gasteiger partial charge in [0.1, 0.15) is 0 Å². The number of anilines is 2. The Hall–Kier alpha value is -1.21. The molecule has 3 N–H and O–H groups in total. The summed E-state index contributed by atoms with van der Waals surface area (Å²) in [6.45, 7) is 4.01. The van der Waals surface area contributed by atoms with Crippen molar-refractivity contribution < 1.29 is 4.79 Å². The summed E-state index contributed by atoms with van der Waals surface area (Å²) in [6, 6.07) is 11.7. The number of halogens is 1. The first-order chi connectivity index (χ1) is 9.97. The minimum Gasteiger partial charge on any atom is -0.398 e. The zero-order valence-corrected chi connectivity index (χ0v) is 14.9. The number of para-hydroxylation sites is 1. The molecule has 0 atom stereocenters. The number of amides is 1. The van der Waals surface area contributed by atoms with E-state index in [9.17, 15) is 4.79 Å². The van der Waals surface area contributed by atoms with E-state index in [4.69, 9.17) is 5.73 Å². The van der Waals surface area contributed by atoms with Gasteiger partial charge in [-0.05, 0) is 71.8 Å². The van der Waals surface area contributed by atoms with Gasteiger partial charge in [-0.15, -0.1) is 11.8 Å². The van der Waals surface area contributed by atoms with E-state index in [1.165, 1.54) is 15.3 Å². The molecule has 0 heterocycles. The number of nitrogens with one attached hydrogen (secondary N) is 1. The van der Waals surface area contributed by atoms with Crippen LogP contribution < -0.4 is 11.1 Å². The molecule has 0 unspecified atom stereocenters. The van der Waals surface area contributed by atoms with Gasteiger partial charge in [0.25, 0.3) is 0 Å². The van der Waals surface area contributed by atoms with E-state index in [0.717, 1.165) is 21.7 Å². The topological polar surface area (TPSA) is 55.1 Å². The van der Waals surface area contributed by atoms with E-state index < -0.39 is 0 Å². The first-order valence-electron chi connectivity index (χ1n) is 6.51. The summed E-state index contributed by atoms with van der Waals surface area (Å²) < 4.78 is 1.17. The zero-order valence-electron chi connectivity index (χ0n) is 11.9. The number of rotatable bonds is 4. The summed E-state index contributed by atoms with van der Waals surface area (Å²) in [6.07, 6.45) is 0. The van der Waals surface area contributed by atoms with Crippen LogP contribution >= 0.6 is 34.4 Å². The Morgan fingerprint density at radius 2 is 1.86 bits per heavy atom. The van der Waals surface area contributed by atoms with Gasteiger partial charge in [-0.25, -0.2) is 0 Å². The Kier molecular flexibility index (Phi) is 5.52. The summed E-state index contributed by atoms with van der Waals surface area (Å²) in [5, 5.41) is 2.99. The monoisotopic (exact) mass is 412 g/mol. The van der Waals surface area contributed by atoms with Crippen molar-refractivity contribution in [1.29, 1.82) is 0 Å². The Labute approximate surface area is 142 Å². The summed E-state index contributed by atoms with van der Waals surface area (Å²) in [4.78, 5) is 13.0. The third kappa shape index (κ3) is 4.38. The van der Waals surface area contributed by atoms with Crippen molar-refractivity contribution in [3.05, 3.63) is 51.1 Å². The molecule has 21 heavy (non-hydrogen) atoms. The summed E-state index contributed by atoms with van der Waals surface area (Å²) >= 11 is 3.73. The van der Waals surface area contributed by atoms with Gasteiger partial charge >= 0.3 is 0 Å². The molecular weight excluding hydrogens is 395 g/mol. The molecule has 0 aliphatic rings. The number of carbonyl (C=O) groups excluding carboxylic acids is 1. The smallest absolute Gasteiger partial charge is 0.234 e. The number of thioether (sulfide) groups is 1. The molecule has 0 radical (unpaired) electrons. The lowest BCUT2D eigenvalue weighted by Gasteiger charge is -2.12. The van der Waals surface area contributed by atoms with Crippen LogP contribution in [0.2, 0.25) is 0 Å². The van der Waals surface area contributed by atoms with Crippen LogP contribution in [0.15, 0.2) is 41.3 Å². The molecule has 3 nitrogen and oxygen atoms in total. The molecule has 0 aliphatic carbocycles. The van der Waals surface area contributed by atoms with Gasteiger partial charge in [-0.1, -0.05) is 12.1 Å². The first kappa shape index (κ1) is 16.2. The predicted octanol–water partition coefficient (Wildman–Crippen LogP) is 4.22. The highest BCUT2D eigenvalue weighted by atomic mass is 127. The van der Waals surface area contributed by atoms with Crippen LogP contribution in [0.4, 0.5) is 11.4 Å². The fourth-order valence-electron chi connectivity index (χ4n) is 2.04. The molecule has 2 aromatic carbocycles. The van der Waals surface area contributed by atoms with Crippen molar-refractivity contribution in [2.24, 2.45) is 0 Å². The number of carbonyl (C=O) groups is 1. The van der Waals surface area contributed by atoms with Gasteiger partial charge in [-0.2, -0.15) is 0 Å². The van der Waals surface area contributed by atoms with E-state index in [1.807, 2.05) is 38.1 Å². The van der Waals surface area contributed by atoms with Gasteiger partial charge in [0.15, 0.2) is 0 Å². The Morgan fingerprint density at radius 3 is 2.48 bits per heavy atom. The zero-order chi connectivity index (χ0) is 15.4. The number of nitrogen functional groups attached to an aromatic ring is 1. The summed E-state index contributed by atoms with van der Waals surface area (Å²) in [5.41, 5.74) is 9.64. The number of hydrogen-bond donors (Lipinski definition) is 2. The third-order valence-electron chi connectivity index (χ3n) is 3.04. The van der Waals surface area contributed by atoms with Crippen LogP contribution in [-0.2, 0) is 4.79 Å². The molecule has 0 fully saturated rings. The maximum absolute atomic E-state index is 12.1. The Morgan fingerprint density at radius 1 is 1.24 bits per heavy atom. The largest absolute Gasteiger partial charge is 0.398 e. The molecule has 2 aromatic rings. The van der Waals surface area contributed by atoms with Crippen molar-refractivity contribution in [2.45, 2.75) is 18.7 Å². The predicted molar refractivity (Wildman–Crippen MR) is 98.8 cm³/mol. The lowest BCUT2D eigenvalue weighted by Crippen LogP contribution is -2.16. The summed E-state index contributed by atoms with van der Waals surface area (Å²) in [7, 11) is 0. The Bertz CT molecular complexity index is 650. The van der Waals surface area contributed by atoms with Crippen molar-refractivity contribution >= 4 is 51.6 Å². The normalized spacial score (nSPS) is 10.4. The van der Waals surface area contributed by atoms with E-state index in [0.29, 0.717) is 11.4 Å². The standard InChI is InChI=1S/C16H17IN2OS/c1-10-7-12(17)8-11(2)16(10)19-15(20)9-21-14-6-4-3-5-13(14)18/h3-8H,9,18H2,1-2H3,(H,19,20). The van der Waals surface area contributed by atoms with Gasteiger partial charge in [0.05, 0.1) is 5.75 Å². The van der Waals surface area contributed by atoms with Gasteiger partial charge in [0.2, 0.25) is 5.91 Å². The second kappa shape index (κ2) is 7.17. The molecule has 0 aliphatic heterocycles. The van der Waals surface area contributed by atoms with Crippen LogP contribution in [0.1, 0.15) is 11.1 Å². The molecule has 2 rings (SSSR count). The summed E-state index contributed by atoms with van der Waals surface area (Å²) in [5.74, 6) is 0.328. The highest BCUT2D eigenvalue weighted by Crippen LogP contribution is 2.26. The maximum Gasteiger partial charge on any atom is 0.234 e. The fraction of sp³-hybridized carbons (Fsp3) is 0.188. The quantitative estimate of drug-likeness (QED) is 0.449. The first-order valence-corrected chi connectivity index (χ1v) is 8.57. The van der Waals surface area contributed by atoms with E-state index in [1.54, 1.807) is 0 Å². The van der Waals surface area contributed by atoms with Gasteiger partial charge < -0.3 is 11.1 Å². The highest BCUT2D eigenvalue weighted by Gasteiger charge is 2.09. The second-order valence-electron chi connectivity index (χ2n) is 4.79. The van der Waals surface area contributed by atoms with E-state index >= 15 is 0 Å². The molecule has 0 spiro atoms. The van der Waals surface area contributed by atoms with E-state index in [-0.39, 0.29) is 5.91 Å². The Balaban J connectivity index is 2.01. The van der Waals surface area contributed by atoms with Crippen molar-refractivity contribution in [3.8, 4) is 0 Å². The van der Waals surface area contributed by atoms with Crippen LogP contribution in [0, 0.1) is 17.4 Å². The number of aryl methyl sites for hydroxylation is 2. The van der Waals surface area contributed by atoms with Crippen LogP contribution in [-0.4, -0.2) is 11.7 Å². The number of hydrogen-bond acceptors (Lipinski definition) is 3. The SMILES string of the molecule is Cc1cc(I)cc(C)c1NC(=O)CSc1ccccc1N. The average molecular weight is 412 g/mol. The molecule has 0 bridgehead atoms. The minimum atomic E-state index is -0.0179. The molecule has 5 heteroatoms. The lowest BCUT2D eigenvalue weighted by atomic mass is 10.1. The molecular formula is C16H17IN2OS. The highest BCUT2D eigenvalue weighted by molar-refractivity contribution is 14.1. The molecule has 0 aromatic heterocycles. The lowest BCUT2D eigenvalue weighted by molar-refractivity contribution is -0.113. The van der Waals surface area contributed by atoms with Crippen LogP contribution in [0.25, 0.3) is 0 Å². The van der Waals surface area contributed by atoms with Crippen molar-refractivity contribution in [1.82, 2.24) is 0 Å². The van der Waals surface area contributed by atoms with Crippen molar-refractivity contribution in [2.75, 3.05) is 16.8 Å². The average Bonchev–Trinajstić information content (AvgIpc) is 2.42.